The quantitative estimate of drug-likeness (QED) is 0.447. The Labute approximate surface area is 163 Å². The zero-order chi connectivity index (χ0) is 18.6. The Morgan fingerprint density at radius 1 is 0.885 bits per heavy atom. The van der Waals surface area contributed by atoms with Crippen LogP contribution in [-0.4, -0.2) is 0 Å². The van der Waals surface area contributed by atoms with Gasteiger partial charge in [-0.25, -0.2) is 0 Å². The first kappa shape index (κ1) is 19.1. The van der Waals surface area contributed by atoms with E-state index in [2.05, 4.69) is 33.4 Å². The van der Waals surface area contributed by atoms with Crippen molar-refractivity contribution < 1.29 is 0 Å². The summed E-state index contributed by atoms with van der Waals surface area (Å²) < 4.78 is 0. The van der Waals surface area contributed by atoms with Crippen molar-refractivity contribution in [2.75, 3.05) is 0 Å². The topological polar surface area (TPSA) is 0 Å². The highest BCUT2D eigenvalue weighted by atomic mass is 14.7. The summed E-state index contributed by atoms with van der Waals surface area (Å²) in [5, 5.41) is 0. The van der Waals surface area contributed by atoms with E-state index in [0.717, 1.165) is 59.2 Å². The highest BCUT2D eigenvalue weighted by Crippen LogP contribution is 2.75. The summed E-state index contributed by atoms with van der Waals surface area (Å²) in [6.45, 7) is 15.8. The first-order valence-electron chi connectivity index (χ1n) is 12.2. The summed E-state index contributed by atoms with van der Waals surface area (Å²) in [4.78, 5) is 0. The lowest BCUT2D eigenvalue weighted by atomic mass is 9.47. The van der Waals surface area contributed by atoms with E-state index in [1.807, 2.05) is 13.8 Å². The van der Waals surface area contributed by atoms with Crippen molar-refractivity contribution in [2.24, 2.45) is 64.6 Å². The van der Waals surface area contributed by atoms with Crippen molar-refractivity contribution in [3.8, 4) is 0 Å². The van der Waals surface area contributed by atoms with Gasteiger partial charge in [0, 0.05) is 0 Å². The Balaban J connectivity index is 0.000000814. The highest BCUT2D eigenvalue weighted by molar-refractivity contribution is 5.18. The van der Waals surface area contributed by atoms with Gasteiger partial charge in [0.25, 0.3) is 0 Å². The van der Waals surface area contributed by atoms with Crippen molar-refractivity contribution in [2.45, 2.75) is 86.0 Å². The van der Waals surface area contributed by atoms with Gasteiger partial charge in [-0.2, -0.15) is 0 Å². The third-order valence-electron chi connectivity index (χ3n) is 10.0. The van der Waals surface area contributed by atoms with Crippen LogP contribution in [0.15, 0.2) is 12.7 Å². The zero-order valence-corrected chi connectivity index (χ0v) is 18.2. The molecule has 0 aliphatic heterocycles. The molecule has 0 amide bonds. The van der Waals surface area contributed by atoms with E-state index < -0.39 is 0 Å². The number of fused-ring (bicyclic) bond motifs is 7. The van der Waals surface area contributed by atoms with E-state index in [1.165, 1.54) is 12.8 Å². The second-order valence-electron chi connectivity index (χ2n) is 11.0. The molecule has 0 bridgehead atoms. The number of hydrogen-bond donors (Lipinski definition) is 0. The first-order valence-corrected chi connectivity index (χ1v) is 12.2. The number of allylic oxidation sites excluding steroid dienone is 1. The van der Waals surface area contributed by atoms with Gasteiger partial charge in [0.05, 0.1) is 0 Å². The van der Waals surface area contributed by atoms with Gasteiger partial charge in [-0.3, -0.25) is 0 Å². The molecule has 10 unspecified atom stereocenters. The van der Waals surface area contributed by atoms with Crippen LogP contribution in [0.4, 0.5) is 0 Å². The molecule has 0 N–H and O–H groups in total. The van der Waals surface area contributed by atoms with Gasteiger partial charge in [-0.05, 0) is 110 Å². The second kappa shape index (κ2) is 6.97. The van der Waals surface area contributed by atoms with Crippen molar-refractivity contribution in [3.05, 3.63) is 12.7 Å². The van der Waals surface area contributed by atoms with E-state index in [-0.39, 0.29) is 0 Å². The van der Waals surface area contributed by atoms with E-state index >= 15 is 0 Å². The van der Waals surface area contributed by atoms with Gasteiger partial charge in [-0.15, -0.1) is 6.58 Å². The summed E-state index contributed by atoms with van der Waals surface area (Å²) in [6, 6.07) is 0. The summed E-state index contributed by atoms with van der Waals surface area (Å²) in [7, 11) is 0. The van der Waals surface area contributed by atoms with Crippen molar-refractivity contribution in [3.63, 3.8) is 0 Å². The van der Waals surface area contributed by atoms with Crippen LogP contribution in [0.1, 0.15) is 86.0 Å². The van der Waals surface area contributed by atoms with Gasteiger partial charge < -0.3 is 0 Å². The average molecular weight is 357 g/mol. The predicted molar refractivity (Wildman–Crippen MR) is 113 cm³/mol. The maximum absolute atomic E-state index is 4.17. The molecule has 5 aliphatic rings. The minimum Gasteiger partial charge on any atom is -0.103 e. The Hall–Kier alpha value is -0.260. The van der Waals surface area contributed by atoms with Crippen LogP contribution in [0, 0.1) is 64.6 Å². The largest absolute Gasteiger partial charge is 0.103 e. The number of rotatable bonds is 2. The average Bonchev–Trinajstić information content (AvgIpc) is 3.36. The molecule has 0 spiro atoms. The molecule has 5 rings (SSSR count). The molecule has 11 atom stereocenters. The number of hydrogen-bond acceptors (Lipinski definition) is 0. The Bertz CT molecular complexity index is 520. The SMILES string of the molecule is C=CC(C)C1[C@H]2CC2C2C3CCC4CC(C)CCC4C3CCC21C.CC. The fourth-order valence-corrected chi connectivity index (χ4v) is 9.25. The van der Waals surface area contributed by atoms with Crippen molar-refractivity contribution in [1.29, 1.82) is 0 Å². The monoisotopic (exact) mass is 356 g/mol. The molecular formula is C26H44. The molecule has 5 saturated carbocycles. The van der Waals surface area contributed by atoms with Crippen LogP contribution < -0.4 is 0 Å². The molecule has 0 radical (unpaired) electrons. The van der Waals surface area contributed by atoms with Crippen LogP contribution >= 0.6 is 0 Å². The third kappa shape index (κ3) is 2.68. The van der Waals surface area contributed by atoms with Gasteiger partial charge >= 0.3 is 0 Å². The molecule has 0 saturated heterocycles. The fraction of sp³-hybridized carbons (Fsp3) is 0.923. The Morgan fingerprint density at radius 3 is 2.35 bits per heavy atom. The molecule has 5 aliphatic carbocycles. The van der Waals surface area contributed by atoms with E-state index in [4.69, 9.17) is 0 Å². The van der Waals surface area contributed by atoms with Crippen molar-refractivity contribution in [1.82, 2.24) is 0 Å². The van der Waals surface area contributed by atoms with Crippen LogP contribution in [-0.2, 0) is 0 Å². The third-order valence-corrected chi connectivity index (χ3v) is 10.0. The standard InChI is InChI=1S/C24H38.C2H6/c1-5-15(3)22-20-13-21(20)23-19-9-7-16-12-14(2)6-8-17(16)18(19)10-11-24(22,23)4;1-2/h5,14-23H,1,6-13H2,2-4H3;1-2H3/t14?,15?,16?,17?,18?,19?,20-,21?,22?,23?,24?;/m0./s1. The van der Waals surface area contributed by atoms with Crippen molar-refractivity contribution >= 4 is 0 Å². The van der Waals surface area contributed by atoms with Gasteiger partial charge in [-0.1, -0.05) is 47.1 Å². The molecule has 0 aromatic heterocycles. The maximum Gasteiger partial charge on any atom is -0.0228 e. The fourth-order valence-electron chi connectivity index (χ4n) is 9.25. The Kier molecular flexibility index (Phi) is 5.11. The Morgan fingerprint density at radius 2 is 1.62 bits per heavy atom. The van der Waals surface area contributed by atoms with Crippen LogP contribution in [0.2, 0.25) is 0 Å². The molecule has 0 aromatic rings. The molecule has 0 heterocycles. The van der Waals surface area contributed by atoms with E-state index in [1.54, 1.807) is 38.5 Å². The normalized spacial score (nSPS) is 55.2. The van der Waals surface area contributed by atoms with E-state index in [0.29, 0.717) is 5.41 Å². The zero-order valence-electron chi connectivity index (χ0n) is 18.2. The summed E-state index contributed by atoms with van der Waals surface area (Å²) >= 11 is 0. The van der Waals surface area contributed by atoms with Crippen LogP contribution in [0.5, 0.6) is 0 Å². The summed E-state index contributed by atoms with van der Waals surface area (Å²) in [5.74, 6) is 10.3. The smallest absolute Gasteiger partial charge is 0.0228 e. The molecular weight excluding hydrogens is 312 g/mol. The molecule has 0 aromatic carbocycles. The summed E-state index contributed by atoms with van der Waals surface area (Å²) in [6.07, 6.45) is 14.7. The summed E-state index contributed by atoms with van der Waals surface area (Å²) in [5.41, 5.74) is 0.650. The van der Waals surface area contributed by atoms with E-state index in [9.17, 15) is 0 Å². The maximum atomic E-state index is 4.17. The molecule has 0 heteroatoms. The van der Waals surface area contributed by atoms with Crippen LogP contribution in [0.3, 0.4) is 0 Å². The predicted octanol–water partition coefficient (Wildman–Crippen LogP) is 7.60. The highest BCUT2D eigenvalue weighted by Gasteiger charge is 2.69. The molecule has 148 valence electrons. The van der Waals surface area contributed by atoms with Crippen LogP contribution in [0.25, 0.3) is 0 Å². The molecule has 0 nitrogen and oxygen atoms in total. The van der Waals surface area contributed by atoms with Gasteiger partial charge in [0.2, 0.25) is 0 Å². The lowest BCUT2D eigenvalue weighted by molar-refractivity contribution is -0.0839. The first-order chi connectivity index (χ1) is 12.5. The lowest BCUT2D eigenvalue weighted by Crippen LogP contribution is -2.50. The van der Waals surface area contributed by atoms with Gasteiger partial charge in [0.15, 0.2) is 0 Å². The minimum absolute atomic E-state index is 0.650. The lowest BCUT2D eigenvalue weighted by Gasteiger charge is -2.57. The minimum atomic E-state index is 0.650. The van der Waals surface area contributed by atoms with Gasteiger partial charge in [0.1, 0.15) is 0 Å². The molecule has 26 heavy (non-hydrogen) atoms. The molecule has 5 fully saturated rings. The second-order valence-corrected chi connectivity index (χ2v) is 11.0.